The number of hydrogen-bond acceptors (Lipinski definition) is 3. The van der Waals surface area contributed by atoms with E-state index in [2.05, 4.69) is 10.5 Å². The second kappa shape index (κ2) is 5.34. The average Bonchev–Trinajstić information content (AvgIpc) is 2.64. The first-order valence-corrected chi connectivity index (χ1v) is 5.73. The predicted molar refractivity (Wildman–Crippen MR) is 72.5 cm³/mol. The van der Waals surface area contributed by atoms with Gasteiger partial charge in [-0.25, -0.2) is 10.1 Å². The summed E-state index contributed by atoms with van der Waals surface area (Å²) in [7, 11) is 1.80. The molecule has 2 rings (SSSR count). The molecule has 1 heterocycles. The monoisotopic (exact) mass is 258 g/mol. The number of aromatic nitrogens is 2. The molecule has 2 aromatic rings. The zero-order valence-corrected chi connectivity index (χ0v) is 10.7. The SMILES string of the molecule is Cc1c(/C=N\NC=O)c(=O)n(-c2ccccc2)n1C. The molecule has 0 saturated heterocycles. The zero-order chi connectivity index (χ0) is 13.8. The largest absolute Gasteiger partial charge is 0.285 e. The van der Waals surface area contributed by atoms with Gasteiger partial charge in [0, 0.05) is 12.7 Å². The Kier molecular flexibility index (Phi) is 3.61. The Bertz CT molecular complexity index is 668. The zero-order valence-electron chi connectivity index (χ0n) is 10.7. The van der Waals surface area contributed by atoms with E-state index in [0.717, 1.165) is 11.4 Å². The van der Waals surface area contributed by atoms with E-state index in [-0.39, 0.29) is 5.56 Å². The van der Waals surface area contributed by atoms with Crippen molar-refractivity contribution in [3.05, 3.63) is 51.9 Å². The van der Waals surface area contributed by atoms with Gasteiger partial charge in [-0.05, 0) is 19.1 Å². The molecule has 0 aliphatic heterocycles. The first-order valence-electron chi connectivity index (χ1n) is 5.73. The number of hydrogen-bond donors (Lipinski definition) is 1. The van der Waals surface area contributed by atoms with Crippen LogP contribution in [0.25, 0.3) is 5.69 Å². The van der Waals surface area contributed by atoms with Crippen LogP contribution in [-0.2, 0) is 11.8 Å². The first kappa shape index (κ1) is 12.8. The molecule has 0 aliphatic carbocycles. The summed E-state index contributed by atoms with van der Waals surface area (Å²) < 4.78 is 3.30. The number of rotatable bonds is 4. The Morgan fingerprint density at radius 3 is 2.58 bits per heavy atom. The lowest BCUT2D eigenvalue weighted by molar-refractivity contribution is -0.109. The summed E-state index contributed by atoms with van der Waals surface area (Å²) >= 11 is 0. The van der Waals surface area contributed by atoms with Gasteiger partial charge in [-0.1, -0.05) is 18.2 Å². The van der Waals surface area contributed by atoms with Gasteiger partial charge < -0.3 is 0 Å². The summed E-state index contributed by atoms with van der Waals surface area (Å²) in [5, 5.41) is 3.66. The number of nitrogens with one attached hydrogen (secondary N) is 1. The van der Waals surface area contributed by atoms with Crippen LogP contribution >= 0.6 is 0 Å². The fraction of sp³-hybridized carbons (Fsp3) is 0.154. The van der Waals surface area contributed by atoms with Gasteiger partial charge in [0.25, 0.3) is 5.56 Å². The summed E-state index contributed by atoms with van der Waals surface area (Å²) in [5.74, 6) is 0. The quantitative estimate of drug-likeness (QED) is 0.495. The smallest absolute Gasteiger partial charge is 0.280 e. The number of carbonyl (C=O) groups is 1. The highest BCUT2D eigenvalue weighted by atomic mass is 16.1. The molecule has 0 spiro atoms. The van der Waals surface area contributed by atoms with Crippen LogP contribution in [0.1, 0.15) is 11.3 Å². The van der Waals surface area contributed by atoms with Crippen LogP contribution in [0.3, 0.4) is 0 Å². The molecule has 1 aromatic carbocycles. The van der Waals surface area contributed by atoms with Crippen LogP contribution in [0.4, 0.5) is 0 Å². The molecular weight excluding hydrogens is 244 g/mol. The molecule has 6 heteroatoms. The van der Waals surface area contributed by atoms with Crippen LogP contribution in [0, 0.1) is 6.92 Å². The van der Waals surface area contributed by atoms with Gasteiger partial charge in [-0.3, -0.25) is 14.3 Å². The molecule has 0 saturated carbocycles. The molecule has 1 N–H and O–H groups in total. The van der Waals surface area contributed by atoms with Crippen molar-refractivity contribution >= 4 is 12.6 Å². The van der Waals surface area contributed by atoms with E-state index in [1.165, 1.54) is 6.21 Å². The molecule has 0 radical (unpaired) electrons. The minimum Gasteiger partial charge on any atom is -0.285 e. The highest BCUT2D eigenvalue weighted by Gasteiger charge is 2.13. The third-order valence-corrected chi connectivity index (χ3v) is 2.92. The summed E-state index contributed by atoms with van der Waals surface area (Å²) in [4.78, 5) is 22.5. The van der Waals surface area contributed by atoms with E-state index < -0.39 is 0 Å². The van der Waals surface area contributed by atoms with E-state index in [9.17, 15) is 9.59 Å². The number of para-hydroxylation sites is 1. The van der Waals surface area contributed by atoms with Crippen molar-refractivity contribution in [2.24, 2.45) is 12.1 Å². The van der Waals surface area contributed by atoms with Gasteiger partial charge in [-0.15, -0.1) is 0 Å². The van der Waals surface area contributed by atoms with Gasteiger partial charge in [0.05, 0.1) is 17.5 Å². The summed E-state index contributed by atoms with van der Waals surface area (Å²) in [6.07, 6.45) is 1.80. The molecule has 0 unspecified atom stereocenters. The molecule has 0 fully saturated rings. The highest BCUT2D eigenvalue weighted by molar-refractivity contribution is 5.81. The average molecular weight is 258 g/mol. The number of carbonyl (C=O) groups excluding carboxylic acids is 1. The topological polar surface area (TPSA) is 68.4 Å². The minimum absolute atomic E-state index is 0.178. The third kappa shape index (κ3) is 2.33. The Morgan fingerprint density at radius 2 is 1.95 bits per heavy atom. The second-order valence-corrected chi connectivity index (χ2v) is 3.98. The normalized spacial score (nSPS) is 10.8. The van der Waals surface area contributed by atoms with E-state index in [0.29, 0.717) is 12.0 Å². The third-order valence-electron chi connectivity index (χ3n) is 2.92. The fourth-order valence-electron chi connectivity index (χ4n) is 1.87. The molecule has 1 aromatic heterocycles. The minimum atomic E-state index is -0.178. The predicted octanol–water partition coefficient (Wildman–Crippen LogP) is 0.564. The van der Waals surface area contributed by atoms with E-state index in [1.807, 2.05) is 37.3 Å². The van der Waals surface area contributed by atoms with Gasteiger partial charge in [-0.2, -0.15) is 5.10 Å². The molecule has 98 valence electrons. The molecule has 0 aliphatic rings. The van der Waals surface area contributed by atoms with Crippen LogP contribution in [-0.4, -0.2) is 22.0 Å². The number of benzene rings is 1. The highest BCUT2D eigenvalue weighted by Crippen LogP contribution is 2.08. The van der Waals surface area contributed by atoms with E-state index in [1.54, 1.807) is 16.4 Å². The molecule has 0 bridgehead atoms. The fourth-order valence-corrected chi connectivity index (χ4v) is 1.87. The number of amides is 1. The molecule has 0 atom stereocenters. The number of hydrazone groups is 1. The number of nitrogens with zero attached hydrogens (tertiary/aromatic N) is 3. The Hall–Kier alpha value is -2.63. The molecular formula is C13H14N4O2. The van der Waals surface area contributed by atoms with Crippen LogP contribution in [0.15, 0.2) is 40.2 Å². The molecule has 6 nitrogen and oxygen atoms in total. The van der Waals surface area contributed by atoms with Gasteiger partial charge in [0.15, 0.2) is 0 Å². The standard InChI is InChI=1S/C13H14N4O2/c1-10-12(8-14-15-9-18)13(19)17(16(10)2)11-6-4-3-5-7-11/h3-9H,1-2H3,(H,15,18)/b14-8-. The maximum absolute atomic E-state index is 12.3. The summed E-state index contributed by atoms with van der Waals surface area (Å²) in [6.45, 7) is 1.82. The van der Waals surface area contributed by atoms with Crippen molar-refractivity contribution in [1.82, 2.24) is 14.8 Å². The molecule has 1 amide bonds. The molecule has 19 heavy (non-hydrogen) atoms. The van der Waals surface area contributed by atoms with Gasteiger partial charge in [0.2, 0.25) is 6.41 Å². The summed E-state index contributed by atoms with van der Waals surface area (Å²) in [6, 6.07) is 9.33. The lowest BCUT2D eigenvalue weighted by atomic mass is 10.3. The Labute approximate surface area is 110 Å². The van der Waals surface area contributed by atoms with E-state index in [4.69, 9.17) is 0 Å². The van der Waals surface area contributed by atoms with Crippen LogP contribution < -0.4 is 11.0 Å². The van der Waals surface area contributed by atoms with Crippen molar-refractivity contribution in [3.8, 4) is 5.69 Å². The Morgan fingerprint density at radius 1 is 1.26 bits per heavy atom. The lowest BCUT2D eigenvalue weighted by Gasteiger charge is -2.07. The van der Waals surface area contributed by atoms with Crippen molar-refractivity contribution in [2.75, 3.05) is 0 Å². The van der Waals surface area contributed by atoms with Gasteiger partial charge in [0.1, 0.15) is 0 Å². The van der Waals surface area contributed by atoms with Crippen molar-refractivity contribution < 1.29 is 4.79 Å². The van der Waals surface area contributed by atoms with Crippen LogP contribution in [0.2, 0.25) is 0 Å². The van der Waals surface area contributed by atoms with Crippen molar-refractivity contribution in [1.29, 1.82) is 0 Å². The van der Waals surface area contributed by atoms with E-state index >= 15 is 0 Å². The van der Waals surface area contributed by atoms with Gasteiger partial charge >= 0.3 is 0 Å². The van der Waals surface area contributed by atoms with Crippen molar-refractivity contribution in [2.45, 2.75) is 6.92 Å². The lowest BCUT2D eigenvalue weighted by Crippen LogP contribution is -2.21. The first-order chi connectivity index (χ1) is 9.16. The second-order valence-electron chi connectivity index (χ2n) is 3.98. The van der Waals surface area contributed by atoms with Crippen molar-refractivity contribution in [3.63, 3.8) is 0 Å². The van der Waals surface area contributed by atoms with Crippen LogP contribution in [0.5, 0.6) is 0 Å². The maximum atomic E-state index is 12.3. The Balaban J connectivity index is 2.56. The summed E-state index contributed by atoms with van der Waals surface area (Å²) in [5.41, 5.74) is 3.97. The maximum Gasteiger partial charge on any atom is 0.280 e.